The Balaban J connectivity index is 0.00000420. The van der Waals surface area contributed by atoms with Crippen molar-refractivity contribution in [1.82, 2.24) is 15.5 Å². The molecule has 0 aromatic heterocycles. The number of methoxy groups -OCH3 is 2. The Bertz CT molecular complexity index is 624. The second-order valence-electron chi connectivity index (χ2n) is 6.95. The molecule has 2 atom stereocenters. The quantitative estimate of drug-likeness (QED) is 0.297. The maximum atomic E-state index is 5.55. The molecule has 0 aliphatic carbocycles. The van der Waals surface area contributed by atoms with Gasteiger partial charge in [0.1, 0.15) is 0 Å². The van der Waals surface area contributed by atoms with Crippen molar-refractivity contribution in [3.05, 3.63) is 23.8 Å². The smallest absolute Gasteiger partial charge is 0.191 e. The summed E-state index contributed by atoms with van der Waals surface area (Å²) < 4.78 is 16.5. The second kappa shape index (κ2) is 13.9. The maximum Gasteiger partial charge on any atom is 0.191 e. The van der Waals surface area contributed by atoms with Crippen LogP contribution in [-0.2, 0) is 4.74 Å². The molecular formula is C21H37IN4O3. The highest BCUT2D eigenvalue weighted by molar-refractivity contribution is 14.0. The zero-order chi connectivity index (χ0) is 20.4. The number of benzene rings is 1. The molecule has 1 aromatic rings. The molecule has 166 valence electrons. The summed E-state index contributed by atoms with van der Waals surface area (Å²) in [5.74, 6) is 2.34. The molecule has 1 fully saturated rings. The lowest BCUT2D eigenvalue weighted by Crippen LogP contribution is -2.43. The van der Waals surface area contributed by atoms with Gasteiger partial charge in [-0.3, -0.25) is 9.89 Å². The van der Waals surface area contributed by atoms with E-state index in [0.717, 1.165) is 56.7 Å². The van der Waals surface area contributed by atoms with Crippen LogP contribution in [0.1, 0.15) is 38.8 Å². The van der Waals surface area contributed by atoms with Gasteiger partial charge in [0, 0.05) is 25.7 Å². The normalized spacial score (nSPS) is 17.1. The van der Waals surface area contributed by atoms with Gasteiger partial charge in [0.2, 0.25) is 0 Å². The summed E-state index contributed by atoms with van der Waals surface area (Å²) in [5, 5.41) is 6.82. The molecule has 0 amide bonds. The largest absolute Gasteiger partial charge is 0.493 e. The fourth-order valence-corrected chi connectivity index (χ4v) is 3.21. The van der Waals surface area contributed by atoms with Crippen molar-refractivity contribution in [3.8, 4) is 11.5 Å². The Hall–Kier alpha value is -1.26. The van der Waals surface area contributed by atoms with Crippen LogP contribution >= 0.6 is 24.0 Å². The van der Waals surface area contributed by atoms with Crippen LogP contribution in [0.5, 0.6) is 11.5 Å². The van der Waals surface area contributed by atoms with E-state index < -0.39 is 0 Å². The third-order valence-electron chi connectivity index (χ3n) is 5.04. The first kappa shape index (κ1) is 25.8. The molecule has 0 bridgehead atoms. The van der Waals surface area contributed by atoms with Crippen LogP contribution in [0.4, 0.5) is 0 Å². The van der Waals surface area contributed by atoms with E-state index in [4.69, 9.17) is 19.2 Å². The van der Waals surface area contributed by atoms with Crippen molar-refractivity contribution in [2.24, 2.45) is 4.99 Å². The van der Waals surface area contributed by atoms with Crippen molar-refractivity contribution < 1.29 is 14.2 Å². The summed E-state index contributed by atoms with van der Waals surface area (Å²) in [5.41, 5.74) is 1.17. The zero-order valence-electron chi connectivity index (χ0n) is 18.4. The molecule has 1 saturated heterocycles. The predicted octanol–water partition coefficient (Wildman–Crippen LogP) is 3.05. The van der Waals surface area contributed by atoms with E-state index in [0.29, 0.717) is 12.6 Å². The number of nitrogens with zero attached hydrogens (tertiary/aromatic N) is 2. The first-order chi connectivity index (χ1) is 13.6. The van der Waals surface area contributed by atoms with Gasteiger partial charge in [0.25, 0.3) is 0 Å². The zero-order valence-corrected chi connectivity index (χ0v) is 20.7. The minimum Gasteiger partial charge on any atom is -0.493 e. The van der Waals surface area contributed by atoms with E-state index in [-0.39, 0.29) is 30.0 Å². The predicted molar refractivity (Wildman–Crippen MR) is 129 cm³/mol. The summed E-state index contributed by atoms with van der Waals surface area (Å²) in [6, 6.07) is 6.65. The molecule has 1 aliphatic rings. The van der Waals surface area contributed by atoms with Crippen LogP contribution in [0.15, 0.2) is 23.2 Å². The number of hydrogen-bond donors (Lipinski definition) is 2. The first-order valence-corrected chi connectivity index (χ1v) is 10.2. The van der Waals surface area contributed by atoms with Crippen LogP contribution in [0.25, 0.3) is 0 Å². The van der Waals surface area contributed by atoms with Gasteiger partial charge in [-0.05, 0) is 38.0 Å². The Morgan fingerprint density at radius 1 is 1.17 bits per heavy atom. The molecular weight excluding hydrogens is 483 g/mol. The average Bonchev–Trinajstić information content (AvgIpc) is 2.74. The number of halogens is 1. The topological polar surface area (TPSA) is 67.4 Å². The van der Waals surface area contributed by atoms with Gasteiger partial charge in [-0.15, -0.1) is 24.0 Å². The van der Waals surface area contributed by atoms with Crippen molar-refractivity contribution in [3.63, 3.8) is 0 Å². The first-order valence-electron chi connectivity index (χ1n) is 10.2. The molecule has 7 nitrogen and oxygen atoms in total. The molecule has 8 heteroatoms. The van der Waals surface area contributed by atoms with Gasteiger partial charge >= 0.3 is 0 Å². The van der Waals surface area contributed by atoms with Crippen LogP contribution in [0, 0.1) is 0 Å². The number of nitrogens with one attached hydrogen (secondary N) is 2. The van der Waals surface area contributed by atoms with E-state index in [2.05, 4.69) is 48.4 Å². The monoisotopic (exact) mass is 520 g/mol. The number of ether oxygens (including phenoxy) is 3. The molecule has 0 radical (unpaired) electrons. The summed E-state index contributed by atoms with van der Waals surface area (Å²) >= 11 is 0. The molecule has 1 aliphatic heterocycles. The highest BCUT2D eigenvalue weighted by Crippen LogP contribution is 2.32. The van der Waals surface area contributed by atoms with E-state index in [9.17, 15) is 0 Å². The Morgan fingerprint density at radius 2 is 1.86 bits per heavy atom. The molecule has 2 rings (SSSR count). The Labute approximate surface area is 192 Å². The second-order valence-corrected chi connectivity index (χ2v) is 6.95. The van der Waals surface area contributed by atoms with E-state index >= 15 is 0 Å². The fraction of sp³-hybridized carbons (Fsp3) is 0.667. The molecule has 2 unspecified atom stereocenters. The highest BCUT2D eigenvalue weighted by atomic mass is 127. The Morgan fingerprint density at radius 3 is 2.45 bits per heavy atom. The van der Waals surface area contributed by atoms with E-state index in [1.807, 2.05) is 6.07 Å². The minimum atomic E-state index is 0. The molecule has 29 heavy (non-hydrogen) atoms. The molecule has 0 saturated carbocycles. The van der Waals surface area contributed by atoms with Gasteiger partial charge < -0.3 is 24.8 Å². The van der Waals surface area contributed by atoms with Gasteiger partial charge in [-0.25, -0.2) is 0 Å². The van der Waals surface area contributed by atoms with E-state index in [1.165, 1.54) is 5.56 Å². The number of rotatable bonds is 9. The lowest BCUT2D eigenvalue weighted by molar-refractivity contribution is 0.0179. The van der Waals surface area contributed by atoms with Crippen molar-refractivity contribution in [1.29, 1.82) is 0 Å². The van der Waals surface area contributed by atoms with Gasteiger partial charge in [0.05, 0.1) is 40.0 Å². The van der Waals surface area contributed by atoms with Crippen molar-refractivity contribution in [2.45, 2.75) is 39.3 Å². The SMILES string of the molecule is CCNC(=NCC(c1ccc(OC)c(OC)c1)N1CCOCC1)NC(C)CC.I. The van der Waals surface area contributed by atoms with Crippen molar-refractivity contribution in [2.75, 3.05) is 53.6 Å². The highest BCUT2D eigenvalue weighted by Gasteiger charge is 2.24. The Kier molecular flexibility index (Phi) is 12.3. The average molecular weight is 520 g/mol. The molecule has 1 heterocycles. The molecule has 2 N–H and O–H groups in total. The minimum absolute atomic E-state index is 0. The van der Waals surface area contributed by atoms with Gasteiger partial charge in [0.15, 0.2) is 17.5 Å². The van der Waals surface area contributed by atoms with Crippen LogP contribution in [0.2, 0.25) is 0 Å². The van der Waals surface area contributed by atoms with Crippen LogP contribution in [-0.4, -0.2) is 70.5 Å². The van der Waals surface area contributed by atoms with E-state index in [1.54, 1.807) is 14.2 Å². The summed E-state index contributed by atoms with van der Waals surface area (Å²) in [6.45, 7) is 11.2. The molecule has 0 spiro atoms. The lowest BCUT2D eigenvalue weighted by atomic mass is 10.0. The van der Waals surface area contributed by atoms with Gasteiger partial charge in [-0.2, -0.15) is 0 Å². The third-order valence-corrected chi connectivity index (χ3v) is 5.04. The number of hydrogen-bond acceptors (Lipinski definition) is 5. The fourth-order valence-electron chi connectivity index (χ4n) is 3.21. The lowest BCUT2D eigenvalue weighted by Gasteiger charge is -2.34. The van der Waals surface area contributed by atoms with Crippen LogP contribution < -0.4 is 20.1 Å². The summed E-state index contributed by atoms with van der Waals surface area (Å²) in [4.78, 5) is 7.32. The van der Waals surface area contributed by atoms with Crippen molar-refractivity contribution >= 4 is 29.9 Å². The third kappa shape index (κ3) is 7.82. The molecule has 1 aromatic carbocycles. The summed E-state index contributed by atoms with van der Waals surface area (Å²) in [7, 11) is 3.33. The number of guanidine groups is 1. The number of aliphatic imine (C=N–C) groups is 1. The number of morpholine rings is 1. The van der Waals surface area contributed by atoms with Gasteiger partial charge in [-0.1, -0.05) is 13.0 Å². The summed E-state index contributed by atoms with van der Waals surface area (Å²) in [6.07, 6.45) is 1.05. The standard InChI is InChI=1S/C21H36N4O3.HI/c1-6-16(3)24-21(22-7-2)23-15-18(25-10-12-28-13-11-25)17-8-9-19(26-4)20(14-17)27-5;/h8-9,14,16,18H,6-7,10-13,15H2,1-5H3,(H2,22,23,24);1H. The maximum absolute atomic E-state index is 5.55. The van der Waals surface area contributed by atoms with Crippen LogP contribution in [0.3, 0.4) is 0 Å².